The second-order valence-corrected chi connectivity index (χ2v) is 4.69. The molecule has 1 unspecified atom stereocenters. The summed E-state index contributed by atoms with van der Waals surface area (Å²) >= 11 is 0. The van der Waals surface area contributed by atoms with Crippen molar-refractivity contribution < 1.29 is 9.63 Å². The monoisotopic (exact) mass is 245 g/mol. The molecule has 0 bridgehead atoms. The number of rotatable bonds is 4. The van der Waals surface area contributed by atoms with Gasteiger partial charge < -0.3 is 15.4 Å². The van der Waals surface area contributed by atoms with Crippen LogP contribution in [0.25, 0.3) is 0 Å². The van der Waals surface area contributed by atoms with Gasteiger partial charge in [0.15, 0.2) is 5.82 Å². The lowest BCUT2D eigenvalue weighted by Crippen LogP contribution is -2.16. The first-order valence-corrected chi connectivity index (χ1v) is 6.02. The van der Waals surface area contributed by atoms with Gasteiger partial charge in [-0.05, 0) is 18.4 Å². The van der Waals surface area contributed by atoms with E-state index in [1.807, 2.05) is 18.2 Å². The van der Waals surface area contributed by atoms with Crippen LogP contribution in [0.4, 0.5) is 0 Å². The molecular formula is C13H15N3O2. The van der Waals surface area contributed by atoms with Gasteiger partial charge in [-0.25, -0.2) is 0 Å². The first kappa shape index (κ1) is 11.4. The van der Waals surface area contributed by atoms with Gasteiger partial charge in [0, 0.05) is 0 Å². The first-order valence-electron chi connectivity index (χ1n) is 6.02. The Labute approximate surface area is 105 Å². The number of aromatic nitrogens is 2. The SMILES string of the molecule is NC(CO)c1noc(C2(c3ccccc3)CC2)n1. The number of nitrogens with two attached hydrogens (primary N) is 1. The molecule has 0 spiro atoms. The molecule has 5 heteroatoms. The average Bonchev–Trinajstić information content (AvgIpc) is 3.10. The van der Waals surface area contributed by atoms with E-state index in [1.165, 1.54) is 5.56 Å². The molecule has 2 aromatic rings. The van der Waals surface area contributed by atoms with Gasteiger partial charge in [0.2, 0.25) is 5.89 Å². The van der Waals surface area contributed by atoms with Crippen LogP contribution in [-0.4, -0.2) is 21.9 Å². The van der Waals surface area contributed by atoms with Gasteiger partial charge in [0.1, 0.15) is 0 Å². The molecule has 1 aliphatic rings. The van der Waals surface area contributed by atoms with E-state index in [9.17, 15) is 0 Å². The molecule has 1 aliphatic carbocycles. The summed E-state index contributed by atoms with van der Waals surface area (Å²) in [6, 6.07) is 9.57. The zero-order chi connectivity index (χ0) is 12.6. The Morgan fingerprint density at radius 3 is 2.67 bits per heavy atom. The van der Waals surface area contributed by atoms with Gasteiger partial charge in [-0.1, -0.05) is 35.5 Å². The number of benzene rings is 1. The molecular weight excluding hydrogens is 230 g/mol. The molecule has 1 aromatic carbocycles. The van der Waals surface area contributed by atoms with Crippen LogP contribution in [0.2, 0.25) is 0 Å². The lowest BCUT2D eigenvalue weighted by atomic mass is 9.96. The van der Waals surface area contributed by atoms with Crippen LogP contribution < -0.4 is 5.73 Å². The molecule has 0 amide bonds. The highest BCUT2D eigenvalue weighted by Gasteiger charge is 2.50. The fraction of sp³-hybridized carbons (Fsp3) is 0.385. The maximum atomic E-state index is 8.99. The summed E-state index contributed by atoms with van der Waals surface area (Å²) in [5.41, 5.74) is 6.73. The Morgan fingerprint density at radius 2 is 2.06 bits per heavy atom. The summed E-state index contributed by atoms with van der Waals surface area (Å²) in [4.78, 5) is 4.33. The van der Waals surface area contributed by atoms with Crippen molar-refractivity contribution in [1.29, 1.82) is 0 Å². The highest BCUT2D eigenvalue weighted by Crippen LogP contribution is 2.52. The molecule has 0 aliphatic heterocycles. The van der Waals surface area contributed by atoms with Gasteiger partial charge >= 0.3 is 0 Å². The van der Waals surface area contributed by atoms with Gasteiger partial charge in [-0.2, -0.15) is 4.98 Å². The maximum Gasteiger partial charge on any atom is 0.237 e. The summed E-state index contributed by atoms with van der Waals surface area (Å²) in [7, 11) is 0. The lowest BCUT2D eigenvalue weighted by Gasteiger charge is -2.09. The van der Waals surface area contributed by atoms with Crippen LogP contribution in [0.3, 0.4) is 0 Å². The molecule has 0 radical (unpaired) electrons. The van der Waals surface area contributed by atoms with Crippen molar-refractivity contribution in [1.82, 2.24) is 10.1 Å². The number of nitrogens with zero attached hydrogens (tertiary/aromatic N) is 2. The number of aliphatic hydroxyl groups excluding tert-OH is 1. The van der Waals surface area contributed by atoms with E-state index < -0.39 is 6.04 Å². The summed E-state index contributed by atoms with van der Waals surface area (Å²) in [5.74, 6) is 0.974. The quantitative estimate of drug-likeness (QED) is 0.843. The molecule has 3 N–H and O–H groups in total. The van der Waals surface area contributed by atoms with E-state index in [-0.39, 0.29) is 12.0 Å². The zero-order valence-corrected chi connectivity index (χ0v) is 9.91. The Balaban J connectivity index is 1.93. The Bertz CT molecular complexity index is 534. The minimum Gasteiger partial charge on any atom is -0.394 e. The van der Waals surface area contributed by atoms with Crippen LogP contribution in [0, 0.1) is 0 Å². The highest BCUT2D eigenvalue weighted by atomic mass is 16.5. The van der Waals surface area contributed by atoms with Crippen molar-refractivity contribution in [2.24, 2.45) is 5.73 Å². The topological polar surface area (TPSA) is 85.2 Å². The van der Waals surface area contributed by atoms with E-state index in [0.717, 1.165) is 12.8 Å². The Hall–Kier alpha value is -1.72. The third-order valence-corrected chi connectivity index (χ3v) is 3.46. The van der Waals surface area contributed by atoms with E-state index >= 15 is 0 Å². The fourth-order valence-corrected chi connectivity index (χ4v) is 2.17. The predicted octanol–water partition coefficient (Wildman–Crippen LogP) is 1.14. The lowest BCUT2D eigenvalue weighted by molar-refractivity contribution is 0.259. The number of hydrogen-bond acceptors (Lipinski definition) is 5. The van der Waals surface area contributed by atoms with Crippen molar-refractivity contribution in [3.63, 3.8) is 0 Å². The molecule has 0 saturated heterocycles. The Morgan fingerprint density at radius 1 is 1.33 bits per heavy atom. The fourth-order valence-electron chi connectivity index (χ4n) is 2.17. The third-order valence-electron chi connectivity index (χ3n) is 3.46. The van der Waals surface area contributed by atoms with E-state index in [2.05, 4.69) is 22.3 Å². The molecule has 18 heavy (non-hydrogen) atoms. The second kappa shape index (κ2) is 4.19. The number of aliphatic hydroxyl groups is 1. The van der Waals surface area contributed by atoms with Crippen molar-refractivity contribution in [2.45, 2.75) is 24.3 Å². The summed E-state index contributed by atoms with van der Waals surface area (Å²) in [6.07, 6.45) is 2.01. The molecule has 5 nitrogen and oxygen atoms in total. The van der Waals surface area contributed by atoms with Crippen LogP contribution in [0.1, 0.15) is 36.2 Å². The molecule has 3 rings (SSSR count). The minimum atomic E-state index is -0.575. The standard InChI is InChI=1S/C13H15N3O2/c14-10(8-17)11-15-12(18-16-11)13(6-7-13)9-4-2-1-3-5-9/h1-5,10,17H,6-8,14H2. The maximum absolute atomic E-state index is 8.99. The van der Waals surface area contributed by atoms with Gasteiger partial charge in [0.25, 0.3) is 0 Å². The van der Waals surface area contributed by atoms with Crippen LogP contribution in [0.15, 0.2) is 34.9 Å². The Kier molecular flexibility index (Phi) is 2.65. The average molecular weight is 245 g/mol. The molecule has 1 heterocycles. The summed E-state index contributed by atoms with van der Waals surface area (Å²) in [6.45, 7) is -0.183. The predicted molar refractivity (Wildman–Crippen MR) is 64.8 cm³/mol. The number of hydrogen-bond donors (Lipinski definition) is 2. The smallest absolute Gasteiger partial charge is 0.237 e. The highest BCUT2D eigenvalue weighted by molar-refractivity contribution is 5.38. The normalized spacial score (nSPS) is 18.6. The van der Waals surface area contributed by atoms with Crippen molar-refractivity contribution >= 4 is 0 Å². The molecule has 94 valence electrons. The van der Waals surface area contributed by atoms with E-state index in [4.69, 9.17) is 15.4 Å². The van der Waals surface area contributed by atoms with Gasteiger partial charge in [-0.3, -0.25) is 0 Å². The second-order valence-electron chi connectivity index (χ2n) is 4.69. The molecule has 1 saturated carbocycles. The van der Waals surface area contributed by atoms with E-state index in [0.29, 0.717) is 11.7 Å². The molecule has 1 atom stereocenters. The summed E-state index contributed by atoms with van der Waals surface area (Å²) in [5, 5.41) is 12.8. The van der Waals surface area contributed by atoms with Crippen molar-refractivity contribution in [3.8, 4) is 0 Å². The summed E-state index contributed by atoms with van der Waals surface area (Å²) < 4.78 is 5.32. The van der Waals surface area contributed by atoms with E-state index in [1.54, 1.807) is 0 Å². The van der Waals surface area contributed by atoms with Crippen LogP contribution in [-0.2, 0) is 5.41 Å². The van der Waals surface area contributed by atoms with Crippen LogP contribution >= 0.6 is 0 Å². The van der Waals surface area contributed by atoms with Crippen molar-refractivity contribution in [3.05, 3.63) is 47.6 Å². The first-order chi connectivity index (χ1) is 8.76. The largest absolute Gasteiger partial charge is 0.394 e. The van der Waals surface area contributed by atoms with Crippen LogP contribution in [0.5, 0.6) is 0 Å². The molecule has 1 fully saturated rings. The van der Waals surface area contributed by atoms with Gasteiger partial charge in [0.05, 0.1) is 18.1 Å². The van der Waals surface area contributed by atoms with Crippen molar-refractivity contribution in [2.75, 3.05) is 6.61 Å². The molecule has 1 aromatic heterocycles. The third kappa shape index (κ3) is 1.72. The zero-order valence-electron chi connectivity index (χ0n) is 9.91. The minimum absolute atomic E-state index is 0.137. The van der Waals surface area contributed by atoms with Gasteiger partial charge in [-0.15, -0.1) is 0 Å².